The molecule has 1 rings (SSSR count). The van der Waals surface area contributed by atoms with Crippen molar-refractivity contribution in [3.05, 3.63) is 33.8 Å². The zero-order valence-corrected chi connectivity index (χ0v) is 13.1. The van der Waals surface area contributed by atoms with Gasteiger partial charge in [0.1, 0.15) is 0 Å². The topological polar surface area (TPSA) is 55.1 Å². The lowest BCUT2D eigenvalue weighted by atomic mass is 10.1. The van der Waals surface area contributed by atoms with Gasteiger partial charge in [0.2, 0.25) is 5.91 Å². The molecule has 0 aliphatic carbocycles. The van der Waals surface area contributed by atoms with Crippen LogP contribution in [-0.2, 0) is 11.2 Å². The van der Waals surface area contributed by atoms with E-state index in [1.165, 1.54) is 0 Å². The van der Waals surface area contributed by atoms with Gasteiger partial charge in [0, 0.05) is 23.0 Å². The number of halogens is 2. The van der Waals surface area contributed by atoms with Crippen molar-refractivity contribution >= 4 is 29.1 Å². The average Bonchev–Trinajstić information content (AvgIpc) is 2.42. The number of benzene rings is 1. The number of rotatable bonds is 9. The fraction of sp³-hybridized carbons (Fsp3) is 0.533. The predicted molar refractivity (Wildman–Crippen MR) is 85.3 cm³/mol. The van der Waals surface area contributed by atoms with Gasteiger partial charge in [0.25, 0.3) is 0 Å². The predicted octanol–water partition coefficient (Wildman–Crippen LogP) is 3.56. The summed E-state index contributed by atoms with van der Waals surface area (Å²) in [5.74, 6) is 0.0842. The van der Waals surface area contributed by atoms with Gasteiger partial charge < -0.3 is 11.1 Å². The Labute approximate surface area is 130 Å². The van der Waals surface area contributed by atoms with E-state index >= 15 is 0 Å². The number of hydrogen-bond acceptors (Lipinski definition) is 2. The van der Waals surface area contributed by atoms with Gasteiger partial charge in [0.15, 0.2) is 0 Å². The second-order valence-corrected chi connectivity index (χ2v) is 5.57. The second kappa shape index (κ2) is 10.0. The summed E-state index contributed by atoms with van der Waals surface area (Å²) in [7, 11) is 0. The zero-order chi connectivity index (χ0) is 14.8. The summed E-state index contributed by atoms with van der Waals surface area (Å²) < 4.78 is 0. The van der Waals surface area contributed by atoms with E-state index < -0.39 is 0 Å². The Kier molecular flexibility index (Phi) is 8.67. The smallest absolute Gasteiger partial charge is 0.220 e. The first-order valence-corrected chi connectivity index (χ1v) is 7.80. The van der Waals surface area contributed by atoms with E-state index in [9.17, 15) is 4.79 Å². The summed E-state index contributed by atoms with van der Waals surface area (Å²) in [6.07, 6.45) is 5.32. The van der Waals surface area contributed by atoms with Gasteiger partial charge in [-0.2, -0.15) is 0 Å². The van der Waals surface area contributed by atoms with Crippen molar-refractivity contribution in [3.8, 4) is 0 Å². The molecule has 1 aromatic carbocycles. The van der Waals surface area contributed by atoms with Gasteiger partial charge in [-0.1, -0.05) is 42.1 Å². The molecule has 112 valence electrons. The van der Waals surface area contributed by atoms with Crippen molar-refractivity contribution in [2.24, 2.45) is 5.73 Å². The Hall–Kier alpha value is -0.770. The number of unbranched alkanes of at least 4 members (excludes halogenated alkanes) is 3. The van der Waals surface area contributed by atoms with Gasteiger partial charge in [-0.25, -0.2) is 0 Å². The lowest BCUT2D eigenvalue weighted by Crippen LogP contribution is -2.25. The molecule has 0 spiro atoms. The summed E-state index contributed by atoms with van der Waals surface area (Å²) in [5, 5.41) is 4.19. The molecule has 0 bridgehead atoms. The monoisotopic (exact) mass is 316 g/mol. The van der Waals surface area contributed by atoms with Crippen LogP contribution in [0.25, 0.3) is 0 Å². The van der Waals surface area contributed by atoms with Crippen LogP contribution >= 0.6 is 23.2 Å². The van der Waals surface area contributed by atoms with Crippen LogP contribution in [0.4, 0.5) is 0 Å². The standard InChI is InChI=1S/C15H22Cl2N2O/c16-13-6-5-7-14(17)12(13)9-11-19-15(20)8-3-1-2-4-10-18/h5-7H,1-4,8-11,18H2,(H,19,20). The van der Waals surface area contributed by atoms with E-state index in [0.29, 0.717) is 29.4 Å². The highest BCUT2D eigenvalue weighted by Gasteiger charge is 2.06. The fourth-order valence-corrected chi connectivity index (χ4v) is 2.56. The van der Waals surface area contributed by atoms with Crippen LogP contribution in [0.3, 0.4) is 0 Å². The van der Waals surface area contributed by atoms with Gasteiger partial charge >= 0.3 is 0 Å². The van der Waals surface area contributed by atoms with Crippen molar-refractivity contribution in [1.82, 2.24) is 5.32 Å². The first-order valence-electron chi connectivity index (χ1n) is 7.05. The summed E-state index contributed by atoms with van der Waals surface area (Å²) in [5.41, 5.74) is 6.30. The maximum absolute atomic E-state index is 11.6. The quantitative estimate of drug-likeness (QED) is 0.684. The number of amides is 1. The first-order chi connectivity index (χ1) is 9.65. The second-order valence-electron chi connectivity index (χ2n) is 4.75. The average molecular weight is 317 g/mol. The molecule has 0 unspecified atom stereocenters. The number of carbonyl (C=O) groups excluding carboxylic acids is 1. The third-order valence-corrected chi connectivity index (χ3v) is 3.83. The molecule has 3 nitrogen and oxygen atoms in total. The lowest BCUT2D eigenvalue weighted by Gasteiger charge is -2.08. The molecule has 0 atom stereocenters. The van der Waals surface area contributed by atoms with E-state index in [1.54, 1.807) is 0 Å². The van der Waals surface area contributed by atoms with Crippen molar-refractivity contribution < 1.29 is 4.79 Å². The maximum atomic E-state index is 11.6. The molecular formula is C15H22Cl2N2O. The van der Waals surface area contributed by atoms with Crippen molar-refractivity contribution in [2.75, 3.05) is 13.1 Å². The summed E-state index contributed by atoms with van der Waals surface area (Å²) in [6.45, 7) is 1.29. The van der Waals surface area contributed by atoms with Crippen LogP contribution in [0.15, 0.2) is 18.2 Å². The van der Waals surface area contributed by atoms with Crippen LogP contribution in [-0.4, -0.2) is 19.0 Å². The minimum atomic E-state index is 0.0842. The fourth-order valence-electron chi connectivity index (χ4n) is 1.97. The summed E-state index contributed by atoms with van der Waals surface area (Å²) in [4.78, 5) is 11.6. The zero-order valence-electron chi connectivity index (χ0n) is 11.6. The number of nitrogens with two attached hydrogens (primary N) is 1. The number of nitrogens with one attached hydrogen (secondary N) is 1. The van der Waals surface area contributed by atoms with Gasteiger partial charge in [-0.05, 0) is 43.5 Å². The molecule has 0 radical (unpaired) electrons. The van der Waals surface area contributed by atoms with Crippen LogP contribution < -0.4 is 11.1 Å². The third kappa shape index (κ3) is 6.60. The minimum Gasteiger partial charge on any atom is -0.356 e. The lowest BCUT2D eigenvalue weighted by molar-refractivity contribution is -0.121. The summed E-state index contributed by atoms with van der Waals surface area (Å²) >= 11 is 12.1. The highest BCUT2D eigenvalue weighted by molar-refractivity contribution is 6.35. The van der Waals surface area contributed by atoms with Gasteiger partial charge in [0.05, 0.1) is 0 Å². The van der Waals surface area contributed by atoms with Crippen LogP contribution in [0, 0.1) is 0 Å². The number of hydrogen-bond donors (Lipinski definition) is 2. The molecule has 3 N–H and O–H groups in total. The maximum Gasteiger partial charge on any atom is 0.220 e. The molecular weight excluding hydrogens is 295 g/mol. The Morgan fingerprint density at radius 2 is 1.75 bits per heavy atom. The highest BCUT2D eigenvalue weighted by Crippen LogP contribution is 2.24. The normalized spacial score (nSPS) is 10.6. The van der Waals surface area contributed by atoms with Crippen molar-refractivity contribution in [2.45, 2.75) is 38.5 Å². The molecule has 1 amide bonds. The van der Waals surface area contributed by atoms with E-state index in [-0.39, 0.29) is 5.91 Å². The Balaban J connectivity index is 2.19. The molecule has 0 aliphatic heterocycles. The third-order valence-electron chi connectivity index (χ3n) is 3.12. The minimum absolute atomic E-state index is 0.0842. The van der Waals surface area contributed by atoms with Crippen LogP contribution in [0.2, 0.25) is 10.0 Å². The largest absolute Gasteiger partial charge is 0.356 e. The van der Waals surface area contributed by atoms with Crippen LogP contribution in [0.5, 0.6) is 0 Å². The van der Waals surface area contributed by atoms with E-state index in [0.717, 1.165) is 37.8 Å². The molecule has 20 heavy (non-hydrogen) atoms. The SMILES string of the molecule is NCCCCCCC(=O)NCCc1c(Cl)cccc1Cl. The number of carbonyl (C=O) groups is 1. The summed E-state index contributed by atoms with van der Waals surface area (Å²) in [6, 6.07) is 5.43. The molecule has 1 aromatic rings. The Morgan fingerprint density at radius 3 is 2.40 bits per heavy atom. The molecule has 0 heterocycles. The van der Waals surface area contributed by atoms with Gasteiger partial charge in [-0.3, -0.25) is 4.79 Å². The molecule has 0 saturated carbocycles. The molecule has 5 heteroatoms. The van der Waals surface area contributed by atoms with Crippen molar-refractivity contribution in [3.63, 3.8) is 0 Å². The molecule has 0 fully saturated rings. The van der Waals surface area contributed by atoms with Crippen molar-refractivity contribution in [1.29, 1.82) is 0 Å². The van der Waals surface area contributed by atoms with E-state index in [2.05, 4.69) is 5.32 Å². The highest BCUT2D eigenvalue weighted by atomic mass is 35.5. The van der Waals surface area contributed by atoms with E-state index in [4.69, 9.17) is 28.9 Å². The Bertz CT molecular complexity index is 404. The van der Waals surface area contributed by atoms with Gasteiger partial charge in [-0.15, -0.1) is 0 Å². The van der Waals surface area contributed by atoms with E-state index in [1.807, 2.05) is 18.2 Å². The first kappa shape index (κ1) is 17.3. The molecule has 0 aliphatic rings. The molecule has 0 aromatic heterocycles. The van der Waals surface area contributed by atoms with Crippen LogP contribution in [0.1, 0.15) is 37.7 Å². The Morgan fingerprint density at radius 1 is 1.10 bits per heavy atom. The molecule has 0 saturated heterocycles.